The van der Waals surface area contributed by atoms with Crippen LogP contribution < -0.4 is 5.32 Å². The van der Waals surface area contributed by atoms with E-state index in [0.29, 0.717) is 25.1 Å². The van der Waals surface area contributed by atoms with Crippen molar-refractivity contribution in [1.82, 2.24) is 15.2 Å². The van der Waals surface area contributed by atoms with Gasteiger partial charge in [0.2, 0.25) is 0 Å². The van der Waals surface area contributed by atoms with Gasteiger partial charge >= 0.3 is 6.09 Å². The maximum Gasteiger partial charge on any atom is 0.407 e. The molecule has 6 nitrogen and oxygen atoms in total. The first-order chi connectivity index (χ1) is 8.16. The van der Waals surface area contributed by atoms with Crippen LogP contribution in [-0.2, 0) is 0 Å². The average Bonchev–Trinajstić information content (AvgIpc) is 2.79. The number of carbonyl (C=O) groups is 2. The zero-order chi connectivity index (χ0) is 12.3. The Hall–Kier alpha value is -2.11. The first kappa shape index (κ1) is 11.4. The van der Waals surface area contributed by atoms with Crippen molar-refractivity contribution in [3.63, 3.8) is 0 Å². The third kappa shape index (κ3) is 2.72. The lowest BCUT2D eigenvalue weighted by molar-refractivity contribution is 0.0935. The summed E-state index contributed by atoms with van der Waals surface area (Å²) in [6.07, 6.45) is 2.79. The van der Waals surface area contributed by atoms with Gasteiger partial charge in [0.25, 0.3) is 5.91 Å². The van der Waals surface area contributed by atoms with Crippen LogP contribution in [0.5, 0.6) is 0 Å². The lowest BCUT2D eigenvalue weighted by Gasteiger charge is -2.13. The normalized spacial score (nSPS) is 19.1. The molecule has 1 aromatic rings. The number of carbonyl (C=O) groups excluding carboxylic acids is 1. The van der Waals surface area contributed by atoms with Gasteiger partial charge in [-0.3, -0.25) is 9.78 Å². The highest BCUT2D eigenvalue weighted by Crippen LogP contribution is 2.09. The van der Waals surface area contributed by atoms with Crippen molar-refractivity contribution in [3.8, 4) is 0 Å². The molecule has 1 fully saturated rings. The quantitative estimate of drug-likeness (QED) is 0.784. The molecule has 0 aliphatic carbocycles. The molecule has 1 saturated heterocycles. The molecule has 0 bridgehead atoms. The van der Waals surface area contributed by atoms with Crippen LogP contribution in [0.25, 0.3) is 0 Å². The zero-order valence-electron chi connectivity index (χ0n) is 9.17. The Labute approximate surface area is 98.3 Å². The SMILES string of the molecule is O=C(N[C@H]1CCN(C(=O)O)C1)c1cccnc1. The molecule has 0 saturated carbocycles. The molecule has 2 N–H and O–H groups in total. The number of rotatable bonds is 2. The highest BCUT2D eigenvalue weighted by atomic mass is 16.4. The number of hydrogen-bond donors (Lipinski definition) is 2. The van der Waals surface area contributed by atoms with E-state index in [4.69, 9.17) is 5.11 Å². The van der Waals surface area contributed by atoms with Crippen molar-refractivity contribution in [1.29, 1.82) is 0 Å². The minimum atomic E-state index is -0.942. The summed E-state index contributed by atoms with van der Waals surface area (Å²) in [5.74, 6) is -0.213. The first-order valence-electron chi connectivity index (χ1n) is 5.35. The molecule has 1 aliphatic rings. The first-order valence-corrected chi connectivity index (χ1v) is 5.35. The molecule has 2 heterocycles. The van der Waals surface area contributed by atoms with Gasteiger partial charge in [-0.2, -0.15) is 0 Å². The molecule has 0 radical (unpaired) electrons. The number of likely N-dealkylation sites (tertiary alicyclic amines) is 1. The number of hydrogen-bond acceptors (Lipinski definition) is 3. The Bertz CT molecular complexity index is 421. The van der Waals surface area contributed by atoms with Gasteiger partial charge in [0.1, 0.15) is 0 Å². The third-order valence-electron chi connectivity index (χ3n) is 2.72. The molecule has 6 heteroatoms. The molecular formula is C11H13N3O3. The lowest BCUT2D eigenvalue weighted by atomic mass is 10.2. The molecular weight excluding hydrogens is 222 g/mol. The number of amides is 2. The van der Waals surface area contributed by atoms with Crippen molar-refractivity contribution in [2.45, 2.75) is 12.5 Å². The van der Waals surface area contributed by atoms with E-state index in [1.54, 1.807) is 18.3 Å². The van der Waals surface area contributed by atoms with Crippen LogP contribution >= 0.6 is 0 Å². The zero-order valence-corrected chi connectivity index (χ0v) is 9.17. The van der Waals surface area contributed by atoms with Gasteiger partial charge < -0.3 is 15.3 Å². The van der Waals surface area contributed by atoms with E-state index < -0.39 is 6.09 Å². The fourth-order valence-electron chi connectivity index (χ4n) is 1.82. The Kier molecular flexibility index (Phi) is 3.22. The monoisotopic (exact) mass is 235 g/mol. The standard InChI is InChI=1S/C11H13N3O3/c15-10(8-2-1-4-12-6-8)13-9-3-5-14(7-9)11(16)17/h1-2,4,6,9H,3,5,7H2,(H,13,15)(H,16,17)/t9-/m0/s1. The predicted octanol–water partition coefficient (Wildman–Crippen LogP) is 0.564. The van der Waals surface area contributed by atoms with E-state index in [9.17, 15) is 9.59 Å². The second kappa shape index (κ2) is 4.82. The molecule has 1 atom stereocenters. The van der Waals surface area contributed by atoms with Gasteiger partial charge in [-0.1, -0.05) is 0 Å². The fraction of sp³-hybridized carbons (Fsp3) is 0.364. The number of aromatic nitrogens is 1. The van der Waals surface area contributed by atoms with Crippen LogP contribution in [0.1, 0.15) is 16.8 Å². The van der Waals surface area contributed by atoms with Crippen molar-refractivity contribution < 1.29 is 14.7 Å². The van der Waals surface area contributed by atoms with Crippen molar-refractivity contribution >= 4 is 12.0 Å². The molecule has 0 unspecified atom stereocenters. The second-order valence-corrected chi connectivity index (χ2v) is 3.93. The maximum atomic E-state index is 11.8. The van der Waals surface area contributed by atoms with Crippen molar-refractivity contribution in [2.75, 3.05) is 13.1 Å². The van der Waals surface area contributed by atoms with Crippen LogP contribution in [0.15, 0.2) is 24.5 Å². The molecule has 0 aromatic carbocycles. The van der Waals surface area contributed by atoms with Crippen LogP contribution in [-0.4, -0.2) is 46.1 Å². The summed E-state index contributed by atoms with van der Waals surface area (Å²) in [4.78, 5) is 27.6. The van der Waals surface area contributed by atoms with Crippen LogP contribution in [0.2, 0.25) is 0 Å². The summed E-state index contributed by atoms with van der Waals surface area (Å²) in [6, 6.07) is 3.25. The van der Waals surface area contributed by atoms with E-state index in [1.807, 2.05) is 0 Å². The van der Waals surface area contributed by atoms with E-state index in [2.05, 4.69) is 10.3 Å². The minimum Gasteiger partial charge on any atom is -0.465 e. The topological polar surface area (TPSA) is 82.5 Å². The Morgan fingerprint density at radius 3 is 2.94 bits per heavy atom. The smallest absolute Gasteiger partial charge is 0.407 e. The third-order valence-corrected chi connectivity index (χ3v) is 2.72. The lowest BCUT2D eigenvalue weighted by Crippen LogP contribution is -2.38. The highest BCUT2D eigenvalue weighted by Gasteiger charge is 2.27. The van der Waals surface area contributed by atoms with E-state index in [-0.39, 0.29) is 11.9 Å². The summed E-state index contributed by atoms with van der Waals surface area (Å²) in [6.45, 7) is 0.814. The fourth-order valence-corrected chi connectivity index (χ4v) is 1.82. The molecule has 17 heavy (non-hydrogen) atoms. The van der Waals surface area contributed by atoms with Crippen molar-refractivity contribution in [2.24, 2.45) is 0 Å². The van der Waals surface area contributed by atoms with Gasteiger partial charge in [0, 0.05) is 31.5 Å². The van der Waals surface area contributed by atoms with Crippen molar-refractivity contribution in [3.05, 3.63) is 30.1 Å². The van der Waals surface area contributed by atoms with Gasteiger partial charge in [-0.25, -0.2) is 4.79 Å². The van der Waals surface area contributed by atoms with Gasteiger partial charge in [-0.15, -0.1) is 0 Å². The van der Waals surface area contributed by atoms with E-state index in [0.717, 1.165) is 0 Å². The Morgan fingerprint density at radius 2 is 2.35 bits per heavy atom. The molecule has 1 aromatic heterocycles. The molecule has 2 rings (SSSR count). The summed E-state index contributed by atoms with van der Waals surface area (Å²) in [7, 11) is 0. The predicted molar refractivity (Wildman–Crippen MR) is 59.7 cm³/mol. The largest absolute Gasteiger partial charge is 0.465 e. The minimum absolute atomic E-state index is 0.112. The van der Waals surface area contributed by atoms with E-state index in [1.165, 1.54) is 11.1 Å². The highest BCUT2D eigenvalue weighted by molar-refractivity contribution is 5.94. The molecule has 1 aliphatic heterocycles. The number of nitrogens with zero attached hydrogens (tertiary/aromatic N) is 2. The average molecular weight is 235 g/mol. The van der Waals surface area contributed by atoms with Gasteiger partial charge in [-0.05, 0) is 18.6 Å². The van der Waals surface area contributed by atoms with Gasteiger partial charge in [0.05, 0.1) is 5.56 Å². The number of carboxylic acid groups (broad SMARTS) is 1. The van der Waals surface area contributed by atoms with Crippen LogP contribution in [0, 0.1) is 0 Å². The maximum absolute atomic E-state index is 11.8. The summed E-state index contributed by atoms with van der Waals surface area (Å²) < 4.78 is 0. The number of pyridine rings is 1. The van der Waals surface area contributed by atoms with E-state index >= 15 is 0 Å². The summed E-state index contributed by atoms with van der Waals surface area (Å²) in [5, 5.41) is 11.6. The second-order valence-electron chi connectivity index (χ2n) is 3.93. The molecule has 90 valence electrons. The van der Waals surface area contributed by atoms with Crippen LogP contribution in [0.3, 0.4) is 0 Å². The molecule has 2 amide bonds. The summed E-state index contributed by atoms with van der Waals surface area (Å²) >= 11 is 0. The summed E-state index contributed by atoms with van der Waals surface area (Å²) in [5.41, 5.74) is 0.487. The number of nitrogens with one attached hydrogen (secondary N) is 1. The van der Waals surface area contributed by atoms with Crippen LogP contribution in [0.4, 0.5) is 4.79 Å². The Balaban J connectivity index is 1.91. The molecule has 0 spiro atoms. The Morgan fingerprint density at radius 1 is 1.53 bits per heavy atom. The van der Waals surface area contributed by atoms with Gasteiger partial charge in [0.15, 0.2) is 0 Å².